The topological polar surface area (TPSA) is 45.5 Å². The van der Waals surface area contributed by atoms with Crippen molar-refractivity contribution in [2.24, 2.45) is 0 Å². The molecule has 1 saturated heterocycles. The van der Waals surface area contributed by atoms with E-state index < -0.39 is 15.8 Å². The summed E-state index contributed by atoms with van der Waals surface area (Å²) in [6.07, 6.45) is 2.70. The summed E-state index contributed by atoms with van der Waals surface area (Å²) >= 11 is 0. The van der Waals surface area contributed by atoms with Gasteiger partial charge in [0.25, 0.3) is 10.0 Å². The van der Waals surface area contributed by atoms with Crippen LogP contribution < -0.4 is 4.90 Å². The molecule has 0 radical (unpaired) electrons. The van der Waals surface area contributed by atoms with E-state index in [2.05, 4.69) is 16.7 Å². The lowest BCUT2D eigenvalue weighted by Crippen LogP contribution is -2.46. The van der Waals surface area contributed by atoms with Gasteiger partial charge in [0.05, 0.1) is 10.4 Å². The van der Waals surface area contributed by atoms with Gasteiger partial charge < -0.3 is 4.90 Å². The van der Waals surface area contributed by atoms with E-state index in [1.165, 1.54) is 34.8 Å². The molecule has 0 bridgehead atoms. The molecule has 156 valence electrons. The van der Waals surface area contributed by atoms with Crippen LogP contribution in [0.3, 0.4) is 0 Å². The number of piperazine rings is 1. The van der Waals surface area contributed by atoms with E-state index in [0.717, 1.165) is 49.9 Å². The Morgan fingerprint density at radius 2 is 1.76 bits per heavy atom. The Morgan fingerprint density at radius 3 is 2.45 bits per heavy atom. The van der Waals surface area contributed by atoms with Gasteiger partial charge in [-0.3, -0.25) is 4.90 Å². The summed E-state index contributed by atoms with van der Waals surface area (Å²) in [5.74, 6) is -0.568. The van der Waals surface area contributed by atoms with Crippen LogP contribution in [0.1, 0.15) is 13.3 Å². The number of anilines is 1. The average Bonchev–Trinajstić information content (AvgIpc) is 3.13. The number of halogens is 2. The second kappa shape index (κ2) is 8.73. The predicted molar refractivity (Wildman–Crippen MR) is 117 cm³/mol. The third-order valence-electron chi connectivity index (χ3n) is 5.27. The lowest BCUT2D eigenvalue weighted by Gasteiger charge is -2.36. The minimum absolute atomic E-state index is 0. The number of aromatic nitrogens is 1. The first kappa shape index (κ1) is 21.6. The van der Waals surface area contributed by atoms with Crippen LogP contribution in [0, 0.1) is 5.82 Å². The van der Waals surface area contributed by atoms with E-state index in [1.807, 2.05) is 18.2 Å². The van der Waals surface area contributed by atoms with Crippen molar-refractivity contribution >= 4 is 39.0 Å². The first-order valence-electron chi connectivity index (χ1n) is 9.58. The molecule has 3 aromatic rings. The molecule has 2 aromatic carbocycles. The lowest BCUT2D eigenvalue weighted by atomic mass is 10.2. The summed E-state index contributed by atoms with van der Waals surface area (Å²) in [5.41, 5.74) is 1.70. The van der Waals surface area contributed by atoms with Gasteiger partial charge in [0, 0.05) is 43.4 Å². The van der Waals surface area contributed by atoms with Gasteiger partial charge in [-0.15, -0.1) is 12.4 Å². The highest BCUT2D eigenvalue weighted by atomic mass is 35.5. The largest absolute Gasteiger partial charge is 0.369 e. The SMILES string of the molecule is CCCN1CCN(c2ccc3c(ccn3S(=O)(=O)c3cccc(F)c3)c2)CC1.Cl. The standard InChI is InChI=1S/C21H24FN3O2S.ClH/c1-2-9-23-11-13-24(14-12-23)19-6-7-21-17(15-19)8-10-25(21)28(26,27)20-5-3-4-18(22)16-20;/h3-8,10,15-16H,2,9,11-14H2,1H3;1H. The zero-order chi connectivity index (χ0) is 19.7. The highest BCUT2D eigenvalue weighted by Crippen LogP contribution is 2.27. The maximum absolute atomic E-state index is 13.5. The van der Waals surface area contributed by atoms with Crippen LogP contribution in [-0.4, -0.2) is 50.0 Å². The normalized spacial score (nSPS) is 15.4. The molecule has 0 amide bonds. The van der Waals surface area contributed by atoms with Gasteiger partial charge in [0.2, 0.25) is 0 Å². The van der Waals surface area contributed by atoms with Crippen molar-refractivity contribution in [1.82, 2.24) is 8.87 Å². The maximum Gasteiger partial charge on any atom is 0.268 e. The van der Waals surface area contributed by atoms with Gasteiger partial charge in [0.15, 0.2) is 0 Å². The smallest absolute Gasteiger partial charge is 0.268 e. The van der Waals surface area contributed by atoms with Gasteiger partial charge in [-0.05, 0) is 55.4 Å². The van der Waals surface area contributed by atoms with Crippen molar-refractivity contribution in [1.29, 1.82) is 0 Å². The van der Waals surface area contributed by atoms with Crippen LogP contribution in [0.2, 0.25) is 0 Å². The van der Waals surface area contributed by atoms with Gasteiger partial charge in [-0.25, -0.2) is 16.8 Å². The Bertz CT molecular complexity index is 1090. The minimum atomic E-state index is -3.84. The van der Waals surface area contributed by atoms with E-state index in [9.17, 15) is 12.8 Å². The van der Waals surface area contributed by atoms with Crippen molar-refractivity contribution in [3.8, 4) is 0 Å². The molecule has 0 atom stereocenters. The monoisotopic (exact) mass is 437 g/mol. The number of rotatable bonds is 5. The molecule has 1 fully saturated rings. The molecule has 1 aromatic heterocycles. The molecule has 0 unspecified atom stereocenters. The van der Waals surface area contributed by atoms with Crippen LogP contribution in [0.5, 0.6) is 0 Å². The quantitative estimate of drug-likeness (QED) is 0.605. The zero-order valence-corrected chi connectivity index (χ0v) is 17.9. The molecule has 1 aliphatic rings. The summed E-state index contributed by atoms with van der Waals surface area (Å²) in [4.78, 5) is 4.75. The van der Waals surface area contributed by atoms with Crippen molar-refractivity contribution in [3.05, 3.63) is 60.5 Å². The first-order chi connectivity index (χ1) is 13.5. The van der Waals surface area contributed by atoms with Crippen LogP contribution in [0.25, 0.3) is 10.9 Å². The molecular weight excluding hydrogens is 413 g/mol. The molecule has 0 N–H and O–H groups in total. The number of fused-ring (bicyclic) bond motifs is 1. The molecule has 5 nitrogen and oxygen atoms in total. The van der Waals surface area contributed by atoms with E-state index in [1.54, 1.807) is 6.07 Å². The molecule has 2 heterocycles. The third kappa shape index (κ3) is 4.27. The Balaban J connectivity index is 0.00000240. The minimum Gasteiger partial charge on any atom is -0.369 e. The Hall–Kier alpha value is -2.09. The molecule has 4 rings (SSSR count). The van der Waals surface area contributed by atoms with E-state index in [-0.39, 0.29) is 17.3 Å². The second-order valence-electron chi connectivity index (χ2n) is 7.15. The van der Waals surface area contributed by atoms with Crippen LogP contribution in [0.15, 0.2) is 59.6 Å². The summed E-state index contributed by atoms with van der Waals surface area (Å²) in [5, 5.41) is 0.855. The van der Waals surface area contributed by atoms with Crippen molar-refractivity contribution in [3.63, 3.8) is 0 Å². The van der Waals surface area contributed by atoms with Crippen molar-refractivity contribution in [2.45, 2.75) is 18.2 Å². The van der Waals surface area contributed by atoms with Gasteiger partial charge >= 0.3 is 0 Å². The highest BCUT2D eigenvalue weighted by Gasteiger charge is 2.21. The molecule has 0 spiro atoms. The zero-order valence-electron chi connectivity index (χ0n) is 16.3. The average molecular weight is 438 g/mol. The lowest BCUT2D eigenvalue weighted by molar-refractivity contribution is 0.258. The molecule has 1 aliphatic heterocycles. The highest BCUT2D eigenvalue weighted by molar-refractivity contribution is 7.90. The molecule has 29 heavy (non-hydrogen) atoms. The van der Waals surface area contributed by atoms with E-state index in [0.29, 0.717) is 5.52 Å². The van der Waals surface area contributed by atoms with Gasteiger partial charge in [-0.2, -0.15) is 0 Å². The van der Waals surface area contributed by atoms with Gasteiger partial charge in [-0.1, -0.05) is 13.0 Å². The summed E-state index contributed by atoms with van der Waals surface area (Å²) < 4.78 is 40.6. The Labute approximate surface area is 177 Å². The Morgan fingerprint density at radius 1 is 1.00 bits per heavy atom. The third-order valence-corrected chi connectivity index (χ3v) is 6.95. The fourth-order valence-corrected chi connectivity index (χ4v) is 5.18. The summed E-state index contributed by atoms with van der Waals surface area (Å²) in [6.45, 7) is 7.35. The maximum atomic E-state index is 13.5. The fourth-order valence-electron chi connectivity index (χ4n) is 3.80. The van der Waals surface area contributed by atoms with Crippen molar-refractivity contribution < 1.29 is 12.8 Å². The number of benzene rings is 2. The van der Waals surface area contributed by atoms with E-state index in [4.69, 9.17) is 0 Å². The number of hydrogen-bond acceptors (Lipinski definition) is 4. The number of hydrogen-bond donors (Lipinski definition) is 0. The summed E-state index contributed by atoms with van der Waals surface area (Å²) in [6, 6.07) is 12.7. The molecule has 8 heteroatoms. The molecule has 0 aliphatic carbocycles. The summed E-state index contributed by atoms with van der Waals surface area (Å²) in [7, 11) is -3.84. The molecule has 0 saturated carbocycles. The second-order valence-corrected chi connectivity index (χ2v) is 8.96. The number of nitrogens with zero attached hydrogens (tertiary/aromatic N) is 3. The van der Waals surface area contributed by atoms with E-state index >= 15 is 0 Å². The predicted octanol–water partition coefficient (Wildman–Crippen LogP) is 3.97. The van der Waals surface area contributed by atoms with Crippen molar-refractivity contribution in [2.75, 3.05) is 37.6 Å². The van der Waals surface area contributed by atoms with Crippen LogP contribution >= 0.6 is 12.4 Å². The Kier molecular flexibility index (Phi) is 6.51. The molecular formula is C21H25ClFN3O2S. The van der Waals surface area contributed by atoms with Crippen LogP contribution in [-0.2, 0) is 10.0 Å². The fraction of sp³-hybridized carbons (Fsp3) is 0.333. The first-order valence-corrected chi connectivity index (χ1v) is 11.0. The van der Waals surface area contributed by atoms with Crippen LogP contribution in [0.4, 0.5) is 10.1 Å². The van der Waals surface area contributed by atoms with Gasteiger partial charge in [0.1, 0.15) is 5.82 Å².